The molecule has 1 fully saturated rings. The first-order valence-corrected chi connectivity index (χ1v) is 12.0. The highest BCUT2D eigenvalue weighted by Crippen LogP contribution is 2.40. The summed E-state index contributed by atoms with van der Waals surface area (Å²) in [5.74, 6) is 0. The average Bonchev–Trinajstić information content (AvgIpc) is 3.07. The van der Waals surface area contributed by atoms with Crippen molar-refractivity contribution in [1.82, 2.24) is 9.47 Å². The van der Waals surface area contributed by atoms with Crippen LogP contribution in [0.5, 0.6) is 0 Å². The van der Waals surface area contributed by atoms with Gasteiger partial charge in [0.05, 0.1) is 22.5 Å². The highest BCUT2D eigenvalue weighted by Gasteiger charge is 2.34. The Morgan fingerprint density at radius 1 is 0.968 bits per heavy atom. The van der Waals surface area contributed by atoms with Gasteiger partial charge in [-0.15, -0.1) is 0 Å². The van der Waals surface area contributed by atoms with Gasteiger partial charge in [-0.3, -0.25) is 4.90 Å². The van der Waals surface area contributed by atoms with E-state index >= 15 is 0 Å². The molecule has 2 heterocycles. The van der Waals surface area contributed by atoms with E-state index in [0.29, 0.717) is 0 Å². The monoisotopic (exact) mass is 454 g/mol. The first-order chi connectivity index (χ1) is 15.0. The van der Waals surface area contributed by atoms with Gasteiger partial charge in [0.15, 0.2) is 0 Å². The van der Waals surface area contributed by atoms with Gasteiger partial charge < -0.3 is 9.67 Å². The van der Waals surface area contributed by atoms with E-state index in [0.717, 1.165) is 60.1 Å². The summed E-state index contributed by atoms with van der Waals surface area (Å²) < 4.78 is 2.35. The highest BCUT2D eigenvalue weighted by atomic mass is 35.5. The van der Waals surface area contributed by atoms with Crippen LogP contribution in [0.3, 0.4) is 0 Å². The first kappa shape index (κ1) is 21.1. The molecule has 0 amide bonds. The lowest BCUT2D eigenvalue weighted by atomic mass is 9.89. The molecular weight excluding hydrogens is 427 g/mol. The Morgan fingerprint density at radius 3 is 2.45 bits per heavy atom. The van der Waals surface area contributed by atoms with Gasteiger partial charge in [-0.2, -0.15) is 0 Å². The lowest BCUT2D eigenvalue weighted by Crippen LogP contribution is -2.47. The molecule has 1 aromatic heterocycles. The van der Waals surface area contributed by atoms with Crippen molar-refractivity contribution in [3.8, 4) is 16.9 Å². The molecule has 2 atom stereocenters. The predicted molar refractivity (Wildman–Crippen MR) is 128 cm³/mol. The van der Waals surface area contributed by atoms with Crippen LogP contribution >= 0.6 is 23.2 Å². The summed E-state index contributed by atoms with van der Waals surface area (Å²) in [7, 11) is 0. The Morgan fingerprint density at radius 2 is 1.71 bits per heavy atom. The van der Waals surface area contributed by atoms with Crippen LogP contribution in [-0.2, 0) is 13.0 Å². The molecule has 5 rings (SSSR count). The zero-order valence-corrected chi connectivity index (χ0v) is 19.3. The number of hydrogen-bond donors (Lipinski definition) is 1. The van der Waals surface area contributed by atoms with Crippen LogP contribution in [0.2, 0.25) is 10.0 Å². The number of nitrogens with zero attached hydrogens (tertiary/aromatic N) is 2. The summed E-state index contributed by atoms with van der Waals surface area (Å²) >= 11 is 12.9. The van der Waals surface area contributed by atoms with E-state index in [1.165, 1.54) is 28.9 Å². The van der Waals surface area contributed by atoms with Crippen molar-refractivity contribution >= 4 is 23.2 Å². The molecule has 2 aromatic carbocycles. The van der Waals surface area contributed by atoms with Crippen LogP contribution in [-0.4, -0.2) is 33.3 Å². The molecule has 162 valence electrons. The van der Waals surface area contributed by atoms with Gasteiger partial charge in [-0.05, 0) is 60.7 Å². The van der Waals surface area contributed by atoms with Gasteiger partial charge in [0, 0.05) is 36.3 Å². The fraction of sp³-hybridized carbons (Fsp3) is 0.385. The Hall–Kier alpha value is -1.78. The lowest BCUT2D eigenvalue weighted by Gasteiger charge is -2.40. The van der Waals surface area contributed by atoms with Gasteiger partial charge in [-0.25, -0.2) is 0 Å². The topological polar surface area (TPSA) is 28.4 Å². The molecule has 1 N–H and O–H groups in total. The Bertz CT molecular complexity index is 1090. The molecule has 1 saturated carbocycles. The molecule has 0 saturated heterocycles. The zero-order valence-electron chi connectivity index (χ0n) is 17.8. The van der Waals surface area contributed by atoms with E-state index in [9.17, 15) is 5.11 Å². The van der Waals surface area contributed by atoms with Gasteiger partial charge in [0.25, 0.3) is 0 Å². The summed E-state index contributed by atoms with van der Waals surface area (Å²) in [6.07, 6.45) is 5.09. The summed E-state index contributed by atoms with van der Waals surface area (Å²) in [5.41, 5.74) is 7.32. The molecule has 0 spiro atoms. The number of benzene rings is 2. The summed E-state index contributed by atoms with van der Waals surface area (Å²) in [6.45, 7) is 4.06. The zero-order chi connectivity index (χ0) is 21.5. The molecule has 1 aliphatic heterocycles. The van der Waals surface area contributed by atoms with Crippen LogP contribution < -0.4 is 0 Å². The number of fused-ring (bicyclic) bond motifs is 1. The van der Waals surface area contributed by atoms with Crippen LogP contribution in [0.15, 0.2) is 48.5 Å². The first-order valence-electron chi connectivity index (χ1n) is 11.2. The molecule has 0 bridgehead atoms. The molecule has 2 aliphatic rings. The number of aliphatic hydroxyl groups is 1. The number of halogens is 2. The standard InChI is InChI=1S/C26H28Cl2N2O/c1-17-20-16-29(24-8-4-5-9-25(24)31)15-14-22(20)30(23-7-3-2-6-21(23)28)26(17)18-10-12-19(27)13-11-18/h2-3,6-7,10-13,24-25,31H,4-5,8-9,14-16H2,1H3/t24-,25-/m0/s1. The summed E-state index contributed by atoms with van der Waals surface area (Å²) in [4.78, 5) is 2.50. The number of aromatic nitrogens is 1. The van der Waals surface area contributed by atoms with Crippen LogP contribution in [0.4, 0.5) is 0 Å². The fourth-order valence-corrected chi connectivity index (χ4v) is 5.80. The highest BCUT2D eigenvalue weighted by molar-refractivity contribution is 6.32. The van der Waals surface area contributed by atoms with E-state index in [1.807, 2.05) is 30.3 Å². The molecule has 0 unspecified atom stereocenters. The average molecular weight is 455 g/mol. The second-order valence-corrected chi connectivity index (χ2v) is 9.68. The third-order valence-electron chi connectivity index (χ3n) is 7.02. The van der Waals surface area contributed by atoms with Crippen molar-refractivity contribution in [2.45, 2.75) is 57.7 Å². The maximum atomic E-state index is 10.6. The van der Waals surface area contributed by atoms with Crippen LogP contribution in [0, 0.1) is 6.92 Å². The van der Waals surface area contributed by atoms with Crippen molar-refractivity contribution in [1.29, 1.82) is 0 Å². The van der Waals surface area contributed by atoms with Gasteiger partial charge in [0.2, 0.25) is 0 Å². The quantitative estimate of drug-likeness (QED) is 0.494. The van der Waals surface area contributed by atoms with E-state index in [-0.39, 0.29) is 12.1 Å². The Balaban J connectivity index is 1.64. The molecule has 31 heavy (non-hydrogen) atoms. The second kappa shape index (κ2) is 8.63. The minimum absolute atomic E-state index is 0.211. The number of para-hydroxylation sites is 1. The Labute approximate surface area is 194 Å². The van der Waals surface area contributed by atoms with Crippen molar-refractivity contribution in [2.24, 2.45) is 0 Å². The van der Waals surface area contributed by atoms with Gasteiger partial charge >= 0.3 is 0 Å². The molecule has 5 heteroatoms. The van der Waals surface area contributed by atoms with Crippen molar-refractivity contribution in [2.75, 3.05) is 6.54 Å². The molecule has 1 aliphatic carbocycles. The van der Waals surface area contributed by atoms with Crippen molar-refractivity contribution in [3.63, 3.8) is 0 Å². The van der Waals surface area contributed by atoms with E-state index in [4.69, 9.17) is 23.2 Å². The summed E-state index contributed by atoms with van der Waals surface area (Å²) in [5, 5.41) is 12.1. The van der Waals surface area contributed by atoms with E-state index in [2.05, 4.69) is 34.6 Å². The fourth-order valence-electron chi connectivity index (χ4n) is 5.45. The predicted octanol–water partition coefficient (Wildman–Crippen LogP) is 6.42. The molecular formula is C26H28Cl2N2O. The maximum Gasteiger partial charge on any atom is 0.0695 e. The molecule has 0 radical (unpaired) electrons. The number of aliphatic hydroxyl groups excluding tert-OH is 1. The Kier molecular flexibility index (Phi) is 5.87. The largest absolute Gasteiger partial charge is 0.391 e. The number of rotatable bonds is 3. The normalized spacial score (nSPS) is 21.8. The van der Waals surface area contributed by atoms with Gasteiger partial charge in [0.1, 0.15) is 0 Å². The van der Waals surface area contributed by atoms with Crippen LogP contribution in [0.1, 0.15) is 42.5 Å². The van der Waals surface area contributed by atoms with Crippen molar-refractivity contribution < 1.29 is 5.11 Å². The minimum Gasteiger partial charge on any atom is -0.391 e. The minimum atomic E-state index is -0.211. The smallest absolute Gasteiger partial charge is 0.0695 e. The summed E-state index contributed by atoms with van der Waals surface area (Å²) in [6, 6.07) is 16.4. The molecule has 3 nitrogen and oxygen atoms in total. The third kappa shape index (κ3) is 3.82. The van der Waals surface area contributed by atoms with Gasteiger partial charge in [-0.1, -0.05) is 60.3 Å². The maximum absolute atomic E-state index is 10.6. The van der Waals surface area contributed by atoms with Crippen molar-refractivity contribution in [3.05, 3.63) is 75.4 Å². The lowest BCUT2D eigenvalue weighted by molar-refractivity contribution is 0.0129. The third-order valence-corrected chi connectivity index (χ3v) is 7.59. The SMILES string of the molecule is Cc1c2c(n(-c3ccccc3Cl)c1-c1ccc(Cl)cc1)CCN([C@H]1CCCC[C@@H]1O)C2. The second-order valence-electron chi connectivity index (χ2n) is 8.83. The molecule has 3 aromatic rings. The van der Waals surface area contributed by atoms with E-state index in [1.54, 1.807) is 0 Å². The van der Waals surface area contributed by atoms with Crippen LogP contribution in [0.25, 0.3) is 16.9 Å². The van der Waals surface area contributed by atoms with E-state index < -0.39 is 0 Å². The number of hydrogen-bond acceptors (Lipinski definition) is 2.